The standard InChI is InChI=1S/C11H17N3/c1-2-10-5-3-4-8-14(10)11-6-7-12-9-13-11/h6-7,9-10H,2-5,8H2,1H3. The molecule has 0 spiro atoms. The zero-order valence-electron chi connectivity index (χ0n) is 8.69. The summed E-state index contributed by atoms with van der Waals surface area (Å²) in [6, 6.07) is 2.69. The van der Waals surface area contributed by atoms with E-state index < -0.39 is 0 Å². The lowest BCUT2D eigenvalue weighted by Gasteiger charge is -2.36. The largest absolute Gasteiger partial charge is 0.354 e. The van der Waals surface area contributed by atoms with Crippen LogP contribution < -0.4 is 4.90 Å². The summed E-state index contributed by atoms with van der Waals surface area (Å²) in [7, 11) is 0. The molecule has 1 saturated heterocycles. The van der Waals surface area contributed by atoms with Crippen LogP contribution in [0.1, 0.15) is 32.6 Å². The molecule has 1 unspecified atom stereocenters. The van der Waals surface area contributed by atoms with Crippen LogP contribution in [0.4, 0.5) is 5.82 Å². The lowest BCUT2D eigenvalue weighted by Crippen LogP contribution is -2.39. The number of piperidine rings is 1. The molecule has 3 nitrogen and oxygen atoms in total. The fraction of sp³-hybridized carbons (Fsp3) is 0.636. The monoisotopic (exact) mass is 191 g/mol. The van der Waals surface area contributed by atoms with E-state index >= 15 is 0 Å². The van der Waals surface area contributed by atoms with Gasteiger partial charge in [-0.3, -0.25) is 0 Å². The summed E-state index contributed by atoms with van der Waals surface area (Å²) in [6.07, 6.45) is 8.63. The molecule has 1 aromatic heterocycles. The lowest BCUT2D eigenvalue weighted by molar-refractivity contribution is 0.446. The molecule has 0 aromatic carbocycles. The molecule has 1 aliphatic heterocycles. The molecule has 0 amide bonds. The van der Waals surface area contributed by atoms with Crippen molar-refractivity contribution in [2.24, 2.45) is 0 Å². The summed E-state index contributed by atoms with van der Waals surface area (Å²) in [4.78, 5) is 10.7. The van der Waals surface area contributed by atoms with Gasteiger partial charge in [-0.2, -0.15) is 0 Å². The molecule has 2 rings (SSSR count). The van der Waals surface area contributed by atoms with Crippen molar-refractivity contribution in [3.63, 3.8) is 0 Å². The van der Waals surface area contributed by atoms with E-state index in [0.717, 1.165) is 12.4 Å². The van der Waals surface area contributed by atoms with Crippen LogP contribution in [0.3, 0.4) is 0 Å². The Bertz CT molecular complexity index is 273. The minimum absolute atomic E-state index is 0.679. The van der Waals surface area contributed by atoms with Crippen LogP contribution in [0.15, 0.2) is 18.6 Å². The van der Waals surface area contributed by atoms with E-state index in [0.29, 0.717) is 6.04 Å². The average molecular weight is 191 g/mol. The zero-order chi connectivity index (χ0) is 9.80. The van der Waals surface area contributed by atoms with Gasteiger partial charge in [0, 0.05) is 18.8 Å². The van der Waals surface area contributed by atoms with E-state index in [-0.39, 0.29) is 0 Å². The summed E-state index contributed by atoms with van der Waals surface area (Å²) >= 11 is 0. The van der Waals surface area contributed by atoms with E-state index in [1.807, 2.05) is 12.3 Å². The molecule has 0 aliphatic carbocycles. The van der Waals surface area contributed by atoms with Gasteiger partial charge in [-0.15, -0.1) is 0 Å². The molecule has 76 valence electrons. The minimum atomic E-state index is 0.679. The number of nitrogens with zero attached hydrogens (tertiary/aromatic N) is 3. The van der Waals surface area contributed by atoms with Crippen LogP contribution in [0.5, 0.6) is 0 Å². The smallest absolute Gasteiger partial charge is 0.132 e. The molecule has 0 bridgehead atoms. The summed E-state index contributed by atoms with van der Waals surface area (Å²) < 4.78 is 0. The summed E-state index contributed by atoms with van der Waals surface area (Å²) in [6.45, 7) is 3.40. The molecule has 1 atom stereocenters. The highest BCUT2D eigenvalue weighted by Crippen LogP contribution is 2.23. The van der Waals surface area contributed by atoms with Gasteiger partial charge in [-0.1, -0.05) is 6.92 Å². The van der Waals surface area contributed by atoms with Gasteiger partial charge in [0.1, 0.15) is 12.1 Å². The van der Waals surface area contributed by atoms with Crippen molar-refractivity contribution < 1.29 is 0 Å². The summed E-state index contributed by atoms with van der Waals surface area (Å²) in [5.41, 5.74) is 0. The highest BCUT2D eigenvalue weighted by molar-refractivity contribution is 5.38. The second-order valence-electron chi connectivity index (χ2n) is 3.82. The van der Waals surface area contributed by atoms with Gasteiger partial charge >= 0.3 is 0 Å². The van der Waals surface area contributed by atoms with E-state index in [4.69, 9.17) is 0 Å². The number of anilines is 1. The van der Waals surface area contributed by atoms with Crippen LogP contribution in [-0.2, 0) is 0 Å². The van der Waals surface area contributed by atoms with E-state index in [1.165, 1.54) is 25.7 Å². The molecule has 3 heteroatoms. The van der Waals surface area contributed by atoms with Crippen molar-refractivity contribution in [2.45, 2.75) is 38.6 Å². The number of hydrogen-bond acceptors (Lipinski definition) is 3. The van der Waals surface area contributed by atoms with Gasteiger partial charge in [-0.25, -0.2) is 9.97 Å². The maximum absolute atomic E-state index is 4.32. The van der Waals surface area contributed by atoms with Crippen molar-refractivity contribution in [3.8, 4) is 0 Å². The topological polar surface area (TPSA) is 29.0 Å². The van der Waals surface area contributed by atoms with Crippen molar-refractivity contribution in [1.29, 1.82) is 0 Å². The molecular weight excluding hydrogens is 174 g/mol. The molecule has 1 fully saturated rings. The third-order valence-corrected chi connectivity index (χ3v) is 2.96. The predicted octanol–water partition coefficient (Wildman–Crippen LogP) is 2.25. The molecule has 0 radical (unpaired) electrons. The van der Waals surface area contributed by atoms with Gasteiger partial charge in [0.2, 0.25) is 0 Å². The molecule has 0 saturated carbocycles. The van der Waals surface area contributed by atoms with Crippen LogP contribution in [-0.4, -0.2) is 22.6 Å². The number of rotatable bonds is 2. The summed E-state index contributed by atoms with van der Waals surface area (Å²) in [5.74, 6) is 1.09. The van der Waals surface area contributed by atoms with Gasteiger partial charge in [0.05, 0.1) is 0 Å². The molecule has 0 N–H and O–H groups in total. The second kappa shape index (κ2) is 4.40. The van der Waals surface area contributed by atoms with E-state index in [1.54, 1.807) is 6.33 Å². The third-order valence-electron chi connectivity index (χ3n) is 2.96. The Morgan fingerprint density at radius 2 is 2.43 bits per heavy atom. The molecule has 14 heavy (non-hydrogen) atoms. The van der Waals surface area contributed by atoms with E-state index in [9.17, 15) is 0 Å². The van der Waals surface area contributed by atoms with Crippen LogP contribution in [0.25, 0.3) is 0 Å². The maximum Gasteiger partial charge on any atom is 0.132 e. The lowest BCUT2D eigenvalue weighted by atomic mass is 10.0. The highest BCUT2D eigenvalue weighted by atomic mass is 15.2. The number of hydrogen-bond donors (Lipinski definition) is 0. The minimum Gasteiger partial charge on any atom is -0.354 e. The van der Waals surface area contributed by atoms with Crippen molar-refractivity contribution in [3.05, 3.63) is 18.6 Å². The molecule has 1 aliphatic rings. The maximum atomic E-state index is 4.32. The first-order valence-electron chi connectivity index (χ1n) is 5.44. The Labute approximate surface area is 85.2 Å². The third kappa shape index (κ3) is 1.86. The van der Waals surface area contributed by atoms with Gasteiger partial charge in [0.15, 0.2) is 0 Å². The first kappa shape index (κ1) is 9.44. The fourth-order valence-electron chi connectivity index (χ4n) is 2.18. The Kier molecular flexibility index (Phi) is 2.96. The average Bonchev–Trinajstić information content (AvgIpc) is 2.30. The molecule has 1 aromatic rings. The first-order valence-corrected chi connectivity index (χ1v) is 5.44. The van der Waals surface area contributed by atoms with Crippen molar-refractivity contribution in [2.75, 3.05) is 11.4 Å². The Hall–Kier alpha value is -1.12. The van der Waals surface area contributed by atoms with Crippen molar-refractivity contribution >= 4 is 5.82 Å². The SMILES string of the molecule is CCC1CCCCN1c1ccncn1. The van der Waals surface area contributed by atoms with E-state index in [2.05, 4.69) is 21.8 Å². The van der Waals surface area contributed by atoms with Gasteiger partial charge in [0.25, 0.3) is 0 Å². The molecular formula is C11H17N3. The highest BCUT2D eigenvalue weighted by Gasteiger charge is 2.21. The van der Waals surface area contributed by atoms with Crippen LogP contribution >= 0.6 is 0 Å². The zero-order valence-corrected chi connectivity index (χ0v) is 8.69. The normalized spacial score (nSPS) is 22.4. The number of aromatic nitrogens is 2. The van der Waals surface area contributed by atoms with Gasteiger partial charge in [-0.05, 0) is 31.7 Å². The summed E-state index contributed by atoms with van der Waals surface area (Å²) in [5, 5.41) is 0. The Balaban J connectivity index is 2.15. The molecule has 2 heterocycles. The Morgan fingerprint density at radius 3 is 3.14 bits per heavy atom. The fourth-order valence-corrected chi connectivity index (χ4v) is 2.18. The second-order valence-corrected chi connectivity index (χ2v) is 3.82. The van der Waals surface area contributed by atoms with Crippen molar-refractivity contribution in [1.82, 2.24) is 9.97 Å². The van der Waals surface area contributed by atoms with Crippen LogP contribution in [0, 0.1) is 0 Å². The van der Waals surface area contributed by atoms with Gasteiger partial charge < -0.3 is 4.90 Å². The quantitative estimate of drug-likeness (QED) is 0.718. The predicted molar refractivity (Wildman–Crippen MR) is 57.3 cm³/mol. The first-order chi connectivity index (χ1) is 6.92. The Morgan fingerprint density at radius 1 is 1.50 bits per heavy atom. The van der Waals surface area contributed by atoms with Crippen LogP contribution in [0.2, 0.25) is 0 Å².